The largest absolute Gasteiger partial charge is 0.466 e. The zero-order valence-corrected chi connectivity index (χ0v) is 14.1. The van der Waals surface area contributed by atoms with E-state index >= 15 is 0 Å². The normalized spacial score (nSPS) is 28.9. The number of rotatable bonds is 2. The van der Waals surface area contributed by atoms with Crippen LogP contribution in [0.3, 0.4) is 0 Å². The molecule has 0 aromatic rings. The molecule has 7 nitrogen and oxygen atoms in total. The van der Waals surface area contributed by atoms with Gasteiger partial charge in [0.05, 0.1) is 24.1 Å². The number of esters is 1. The number of hydrogen-bond acceptors (Lipinski definition) is 6. The van der Waals surface area contributed by atoms with Crippen LogP contribution in [0.25, 0.3) is 0 Å². The maximum absolute atomic E-state index is 12.4. The molecule has 130 valence electrons. The van der Waals surface area contributed by atoms with Crippen LogP contribution in [0.15, 0.2) is 4.99 Å². The van der Waals surface area contributed by atoms with Crippen molar-refractivity contribution in [2.45, 2.75) is 51.0 Å². The Morgan fingerprint density at radius 3 is 2.88 bits per heavy atom. The fourth-order valence-corrected chi connectivity index (χ4v) is 4.07. The maximum Gasteiger partial charge on any atom is 0.310 e. The van der Waals surface area contributed by atoms with Crippen LogP contribution in [-0.2, 0) is 14.3 Å². The molecule has 2 aliphatic heterocycles. The van der Waals surface area contributed by atoms with E-state index in [1.54, 1.807) is 6.92 Å². The van der Waals surface area contributed by atoms with Crippen LogP contribution < -0.4 is 5.32 Å². The first-order valence-electron chi connectivity index (χ1n) is 8.81. The van der Waals surface area contributed by atoms with Crippen LogP contribution in [-0.4, -0.2) is 48.0 Å². The number of carbonyl (C=O) groups excluding carboxylic acids is 2. The van der Waals surface area contributed by atoms with E-state index in [9.17, 15) is 14.9 Å². The van der Waals surface area contributed by atoms with Gasteiger partial charge in [-0.3, -0.25) is 14.9 Å². The van der Waals surface area contributed by atoms with E-state index in [1.165, 1.54) is 0 Å². The molecule has 0 radical (unpaired) electrons. The first-order valence-corrected chi connectivity index (χ1v) is 8.81. The van der Waals surface area contributed by atoms with Gasteiger partial charge >= 0.3 is 5.97 Å². The number of nitriles is 1. The molecule has 7 heteroatoms. The molecule has 0 aromatic heterocycles. The molecule has 3 rings (SSSR count). The van der Waals surface area contributed by atoms with Gasteiger partial charge in [-0.25, -0.2) is 4.99 Å². The molecular weight excluding hydrogens is 308 g/mol. The van der Waals surface area contributed by atoms with E-state index in [0.717, 1.165) is 45.1 Å². The van der Waals surface area contributed by atoms with Gasteiger partial charge in [0, 0.05) is 13.1 Å². The van der Waals surface area contributed by atoms with Crippen LogP contribution in [0.1, 0.15) is 45.4 Å². The Kier molecular flexibility index (Phi) is 4.74. The number of piperidine rings is 1. The van der Waals surface area contributed by atoms with Gasteiger partial charge in [-0.2, -0.15) is 5.26 Å². The summed E-state index contributed by atoms with van der Waals surface area (Å²) in [5.41, 5.74) is -0.580. The van der Waals surface area contributed by atoms with Crippen LogP contribution in [0.5, 0.6) is 0 Å². The lowest BCUT2D eigenvalue weighted by molar-refractivity contribution is -0.149. The summed E-state index contributed by atoms with van der Waals surface area (Å²) in [5.74, 6) is -0.818. The smallest absolute Gasteiger partial charge is 0.310 e. The summed E-state index contributed by atoms with van der Waals surface area (Å²) >= 11 is 0. The van der Waals surface area contributed by atoms with Gasteiger partial charge in [-0.05, 0) is 32.6 Å². The van der Waals surface area contributed by atoms with E-state index in [4.69, 9.17) is 9.73 Å². The summed E-state index contributed by atoms with van der Waals surface area (Å²) in [6.07, 6.45) is 5.19. The highest BCUT2D eigenvalue weighted by Crippen LogP contribution is 2.41. The summed E-state index contributed by atoms with van der Waals surface area (Å²) in [7, 11) is 0. The molecule has 3 aliphatic rings. The van der Waals surface area contributed by atoms with Gasteiger partial charge in [0.1, 0.15) is 0 Å². The third-order valence-electron chi connectivity index (χ3n) is 5.30. The van der Waals surface area contributed by atoms with Gasteiger partial charge in [0.25, 0.3) is 0 Å². The zero-order valence-electron chi connectivity index (χ0n) is 14.1. The lowest BCUT2D eigenvalue weighted by Gasteiger charge is -2.40. The molecule has 1 N–H and O–H groups in total. The van der Waals surface area contributed by atoms with E-state index in [-0.39, 0.29) is 17.8 Å². The molecule has 2 atom stereocenters. The Hall–Kier alpha value is -2.10. The Bertz CT molecular complexity index is 589. The van der Waals surface area contributed by atoms with Crippen molar-refractivity contribution in [1.82, 2.24) is 10.2 Å². The maximum atomic E-state index is 12.4. The summed E-state index contributed by atoms with van der Waals surface area (Å²) in [5, 5.41) is 12.2. The number of amides is 1. The number of guanidine groups is 1. The van der Waals surface area contributed by atoms with Crippen LogP contribution in [0.4, 0.5) is 0 Å². The summed E-state index contributed by atoms with van der Waals surface area (Å²) < 4.78 is 5.13. The molecule has 1 spiro atoms. The number of carbonyl (C=O) groups is 2. The molecule has 2 fully saturated rings. The Morgan fingerprint density at radius 2 is 2.21 bits per heavy atom. The molecule has 1 aliphatic carbocycles. The first-order chi connectivity index (χ1) is 11.6. The number of hydrogen-bond donors (Lipinski definition) is 1. The second-order valence-corrected chi connectivity index (χ2v) is 6.83. The number of likely N-dealkylation sites (tertiary alicyclic amines) is 1. The van der Waals surface area contributed by atoms with Crippen molar-refractivity contribution < 1.29 is 14.3 Å². The van der Waals surface area contributed by atoms with Crippen molar-refractivity contribution in [3.05, 3.63) is 0 Å². The summed E-state index contributed by atoms with van der Waals surface area (Å²) in [6.45, 7) is 3.43. The minimum absolute atomic E-state index is 0.185. The highest BCUT2D eigenvalue weighted by molar-refractivity contribution is 6.02. The molecule has 24 heavy (non-hydrogen) atoms. The van der Waals surface area contributed by atoms with E-state index in [0.29, 0.717) is 19.1 Å². The van der Waals surface area contributed by atoms with E-state index in [1.807, 2.05) is 4.90 Å². The predicted molar refractivity (Wildman–Crippen MR) is 86.8 cm³/mol. The quantitative estimate of drug-likeness (QED) is 0.767. The molecule has 1 saturated carbocycles. The molecule has 2 heterocycles. The van der Waals surface area contributed by atoms with Crippen molar-refractivity contribution in [2.75, 3.05) is 19.7 Å². The highest BCUT2D eigenvalue weighted by atomic mass is 16.5. The topological polar surface area (TPSA) is 94.8 Å². The lowest BCUT2D eigenvalue weighted by atomic mass is 9.82. The molecule has 0 unspecified atom stereocenters. The van der Waals surface area contributed by atoms with Crippen LogP contribution in [0, 0.1) is 23.2 Å². The monoisotopic (exact) mass is 332 g/mol. The summed E-state index contributed by atoms with van der Waals surface area (Å²) in [6, 6.07) is 2.14. The van der Waals surface area contributed by atoms with E-state index in [2.05, 4.69) is 11.4 Å². The zero-order chi connectivity index (χ0) is 17.2. The predicted octanol–water partition coefficient (Wildman–Crippen LogP) is 1.20. The number of aliphatic imine (C=N–C) groups is 1. The Morgan fingerprint density at radius 1 is 1.46 bits per heavy atom. The SMILES string of the molecule is CCOC(=O)[C@@H]1CCCN(C2=NC3(CCCC3)[C@H](C#N)C(=O)N2)C1. The average Bonchev–Trinajstić information content (AvgIpc) is 3.03. The fraction of sp³-hybridized carbons (Fsp3) is 0.765. The van der Waals surface area contributed by atoms with Crippen LogP contribution in [0.2, 0.25) is 0 Å². The second-order valence-electron chi connectivity index (χ2n) is 6.83. The van der Waals surface area contributed by atoms with Crippen molar-refractivity contribution >= 4 is 17.8 Å². The first kappa shape index (κ1) is 16.7. The van der Waals surface area contributed by atoms with Crippen molar-refractivity contribution in [3.63, 3.8) is 0 Å². The highest BCUT2D eigenvalue weighted by Gasteiger charge is 2.49. The molecule has 1 amide bonds. The number of nitrogens with one attached hydrogen (secondary N) is 1. The summed E-state index contributed by atoms with van der Waals surface area (Å²) in [4.78, 5) is 31.2. The van der Waals surface area contributed by atoms with Crippen LogP contribution >= 0.6 is 0 Å². The van der Waals surface area contributed by atoms with E-state index < -0.39 is 11.5 Å². The molecular formula is C17H24N4O3. The third-order valence-corrected chi connectivity index (χ3v) is 5.30. The fourth-order valence-electron chi connectivity index (χ4n) is 4.07. The minimum Gasteiger partial charge on any atom is -0.466 e. The third kappa shape index (κ3) is 2.97. The van der Waals surface area contributed by atoms with Gasteiger partial charge in [0.15, 0.2) is 5.92 Å². The van der Waals surface area contributed by atoms with Gasteiger partial charge < -0.3 is 9.64 Å². The average molecular weight is 332 g/mol. The number of ether oxygens (including phenoxy) is 1. The van der Waals surface area contributed by atoms with Gasteiger partial charge in [-0.1, -0.05) is 12.8 Å². The van der Waals surface area contributed by atoms with Gasteiger partial charge in [-0.15, -0.1) is 0 Å². The molecule has 1 saturated heterocycles. The molecule has 0 aromatic carbocycles. The molecule has 0 bridgehead atoms. The minimum atomic E-state index is -0.714. The van der Waals surface area contributed by atoms with Gasteiger partial charge in [0.2, 0.25) is 11.9 Å². The van der Waals surface area contributed by atoms with Crippen molar-refractivity contribution in [2.24, 2.45) is 16.8 Å². The van der Waals surface area contributed by atoms with Crippen molar-refractivity contribution in [3.8, 4) is 6.07 Å². The number of nitrogens with zero attached hydrogens (tertiary/aromatic N) is 3. The van der Waals surface area contributed by atoms with Crippen molar-refractivity contribution in [1.29, 1.82) is 5.26 Å². The Labute approximate surface area is 142 Å². The Balaban J connectivity index is 1.80. The second kappa shape index (κ2) is 6.80. The lowest BCUT2D eigenvalue weighted by Crippen LogP contribution is -2.58. The standard InChI is InChI=1S/C17H24N4O3/c1-2-24-15(23)12-6-5-9-21(11-12)16-19-14(22)13(10-18)17(20-16)7-3-4-8-17/h12-13H,2-9,11H2,1H3,(H,19,20,22)/t12-,13-/m1/s1.